The molecule has 2 N–H and O–H groups in total. The summed E-state index contributed by atoms with van der Waals surface area (Å²) in [5, 5.41) is 11.6. The van der Waals surface area contributed by atoms with Gasteiger partial charge in [0, 0.05) is 6.07 Å². The number of aromatic carboxylic acids is 1. The smallest absolute Gasteiger partial charge is 0.408 e. The van der Waals surface area contributed by atoms with Crippen LogP contribution in [0.4, 0.5) is 4.79 Å². The van der Waals surface area contributed by atoms with Gasteiger partial charge in [0.05, 0.1) is 17.5 Å². The molecular formula is C16H17NO6. The molecule has 0 saturated carbocycles. The molecule has 1 aromatic heterocycles. The maximum atomic E-state index is 12.1. The summed E-state index contributed by atoms with van der Waals surface area (Å²) in [5.41, 5.74) is -0.745. The molecule has 1 amide bonds. The van der Waals surface area contributed by atoms with Gasteiger partial charge >= 0.3 is 12.1 Å². The Bertz CT molecular complexity index is 815. The highest BCUT2D eigenvalue weighted by Crippen LogP contribution is 2.15. The molecule has 0 radical (unpaired) electrons. The zero-order chi connectivity index (χ0) is 17.2. The number of nitrogens with one attached hydrogen (secondary N) is 1. The zero-order valence-corrected chi connectivity index (χ0v) is 13.0. The van der Waals surface area contributed by atoms with Crippen molar-refractivity contribution in [1.82, 2.24) is 5.32 Å². The van der Waals surface area contributed by atoms with E-state index in [1.165, 1.54) is 24.3 Å². The number of rotatable bonds is 3. The van der Waals surface area contributed by atoms with Crippen molar-refractivity contribution in [3.8, 4) is 0 Å². The summed E-state index contributed by atoms with van der Waals surface area (Å²) in [7, 11) is 0. The zero-order valence-electron chi connectivity index (χ0n) is 13.0. The summed E-state index contributed by atoms with van der Waals surface area (Å²) in [4.78, 5) is 34.6. The fourth-order valence-electron chi connectivity index (χ4n) is 1.90. The summed E-state index contributed by atoms with van der Waals surface area (Å²) in [6, 6.07) is 5.23. The number of fused-ring (bicyclic) bond motifs is 1. The second-order valence-corrected chi connectivity index (χ2v) is 5.95. The average molecular weight is 319 g/mol. The Hall–Kier alpha value is -2.83. The van der Waals surface area contributed by atoms with Crippen molar-refractivity contribution >= 4 is 23.0 Å². The second-order valence-electron chi connectivity index (χ2n) is 5.95. The lowest BCUT2D eigenvalue weighted by Crippen LogP contribution is -2.32. The molecule has 0 saturated heterocycles. The number of carboxylic acids is 1. The minimum atomic E-state index is -1.12. The van der Waals surface area contributed by atoms with Gasteiger partial charge in [-0.25, -0.2) is 9.59 Å². The van der Waals surface area contributed by atoms with Crippen LogP contribution in [-0.2, 0) is 11.3 Å². The van der Waals surface area contributed by atoms with Crippen LogP contribution >= 0.6 is 0 Å². The number of ether oxygens (including phenoxy) is 1. The molecule has 23 heavy (non-hydrogen) atoms. The lowest BCUT2D eigenvalue weighted by molar-refractivity contribution is 0.0519. The molecule has 2 rings (SSSR count). The molecule has 0 spiro atoms. The monoisotopic (exact) mass is 319 g/mol. The first-order chi connectivity index (χ1) is 10.7. The molecule has 1 heterocycles. The van der Waals surface area contributed by atoms with Crippen molar-refractivity contribution in [2.24, 2.45) is 0 Å². The normalized spacial score (nSPS) is 11.3. The summed E-state index contributed by atoms with van der Waals surface area (Å²) in [6.45, 7) is 5.20. The van der Waals surface area contributed by atoms with E-state index in [1.54, 1.807) is 20.8 Å². The van der Waals surface area contributed by atoms with Gasteiger partial charge in [-0.2, -0.15) is 0 Å². The number of alkyl carbamates (subject to hydrolysis) is 1. The molecule has 7 heteroatoms. The van der Waals surface area contributed by atoms with Gasteiger partial charge in [-0.3, -0.25) is 4.79 Å². The molecule has 0 aliphatic heterocycles. The van der Waals surface area contributed by atoms with Gasteiger partial charge in [0.15, 0.2) is 5.43 Å². The summed E-state index contributed by atoms with van der Waals surface area (Å²) >= 11 is 0. The van der Waals surface area contributed by atoms with Crippen LogP contribution in [0.1, 0.15) is 36.9 Å². The van der Waals surface area contributed by atoms with Crippen molar-refractivity contribution < 1.29 is 23.8 Å². The highest BCUT2D eigenvalue weighted by molar-refractivity contribution is 5.92. The predicted octanol–water partition coefficient (Wildman–Crippen LogP) is 2.52. The number of carboxylic acid groups (broad SMARTS) is 1. The van der Waals surface area contributed by atoms with Crippen LogP contribution in [0.2, 0.25) is 0 Å². The van der Waals surface area contributed by atoms with Gasteiger partial charge in [-0.15, -0.1) is 0 Å². The van der Waals surface area contributed by atoms with E-state index in [-0.39, 0.29) is 34.3 Å². The molecule has 7 nitrogen and oxygen atoms in total. The molecule has 0 aliphatic rings. The van der Waals surface area contributed by atoms with Crippen molar-refractivity contribution in [3.05, 3.63) is 45.8 Å². The van der Waals surface area contributed by atoms with Gasteiger partial charge in [-0.05, 0) is 39.0 Å². The Morgan fingerprint density at radius 2 is 1.96 bits per heavy atom. The number of carbonyl (C=O) groups is 2. The van der Waals surface area contributed by atoms with Gasteiger partial charge < -0.3 is 19.6 Å². The lowest BCUT2D eigenvalue weighted by Gasteiger charge is -2.19. The Kier molecular flexibility index (Phi) is 4.40. The van der Waals surface area contributed by atoms with Crippen LogP contribution in [0.3, 0.4) is 0 Å². The van der Waals surface area contributed by atoms with E-state index in [9.17, 15) is 14.4 Å². The Morgan fingerprint density at radius 3 is 2.57 bits per heavy atom. The fourth-order valence-corrected chi connectivity index (χ4v) is 1.90. The molecule has 0 fully saturated rings. The third kappa shape index (κ3) is 4.32. The maximum absolute atomic E-state index is 12.1. The fraction of sp³-hybridized carbons (Fsp3) is 0.312. The van der Waals surface area contributed by atoms with E-state index in [0.29, 0.717) is 0 Å². The molecule has 122 valence electrons. The summed E-state index contributed by atoms with van der Waals surface area (Å²) in [5.74, 6) is -0.876. The second kappa shape index (κ2) is 6.12. The van der Waals surface area contributed by atoms with Crippen LogP contribution in [-0.4, -0.2) is 22.8 Å². The molecule has 0 unspecified atom stereocenters. The van der Waals surface area contributed by atoms with Crippen LogP contribution in [0.25, 0.3) is 11.0 Å². The van der Waals surface area contributed by atoms with Crippen molar-refractivity contribution in [3.63, 3.8) is 0 Å². The topological polar surface area (TPSA) is 106 Å². The van der Waals surface area contributed by atoms with E-state index in [0.717, 1.165) is 0 Å². The van der Waals surface area contributed by atoms with E-state index in [1.807, 2.05) is 0 Å². The predicted molar refractivity (Wildman–Crippen MR) is 82.5 cm³/mol. The number of carbonyl (C=O) groups excluding carboxylic acids is 1. The molecular weight excluding hydrogens is 302 g/mol. The van der Waals surface area contributed by atoms with E-state index in [2.05, 4.69) is 5.32 Å². The number of hydrogen-bond donors (Lipinski definition) is 2. The van der Waals surface area contributed by atoms with Crippen molar-refractivity contribution in [2.45, 2.75) is 32.9 Å². The Balaban J connectivity index is 2.20. The van der Waals surface area contributed by atoms with Crippen LogP contribution in [0, 0.1) is 0 Å². The van der Waals surface area contributed by atoms with Gasteiger partial charge in [-0.1, -0.05) is 0 Å². The third-order valence-corrected chi connectivity index (χ3v) is 2.83. The van der Waals surface area contributed by atoms with E-state index >= 15 is 0 Å². The highest BCUT2D eigenvalue weighted by Gasteiger charge is 2.16. The van der Waals surface area contributed by atoms with Crippen molar-refractivity contribution in [1.29, 1.82) is 0 Å². The third-order valence-electron chi connectivity index (χ3n) is 2.83. The first kappa shape index (κ1) is 16.5. The molecule has 0 atom stereocenters. The number of hydrogen-bond acceptors (Lipinski definition) is 5. The average Bonchev–Trinajstić information content (AvgIpc) is 2.43. The highest BCUT2D eigenvalue weighted by atomic mass is 16.6. The first-order valence-corrected chi connectivity index (χ1v) is 6.92. The van der Waals surface area contributed by atoms with Crippen LogP contribution < -0.4 is 10.7 Å². The Morgan fingerprint density at radius 1 is 1.26 bits per heavy atom. The minimum absolute atomic E-state index is 0.00410. The molecule has 0 bridgehead atoms. The summed E-state index contributed by atoms with van der Waals surface area (Å²) < 4.78 is 10.6. The lowest BCUT2D eigenvalue weighted by atomic mass is 10.1. The van der Waals surface area contributed by atoms with Gasteiger partial charge in [0.1, 0.15) is 16.9 Å². The first-order valence-electron chi connectivity index (χ1n) is 6.92. The standard InChI is InChI=1S/C16H17NO6/c1-16(2,3)23-15(21)17-8-10-7-12(18)11-6-9(14(19)20)4-5-13(11)22-10/h4-7H,8H2,1-3H3,(H,17,21)(H,19,20). The Labute approximate surface area is 131 Å². The van der Waals surface area contributed by atoms with Crippen LogP contribution in [0.5, 0.6) is 0 Å². The minimum Gasteiger partial charge on any atom is -0.478 e. The number of amides is 1. The quantitative estimate of drug-likeness (QED) is 0.900. The van der Waals surface area contributed by atoms with Gasteiger partial charge in [0.2, 0.25) is 0 Å². The molecule has 1 aromatic carbocycles. The SMILES string of the molecule is CC(C)(C)OC(=O)NCc1cc(=O)c2cc(C(=O)O)ccc2o1. The summed E-state index contributed by atoms with van der Waals surface area (Å²) in [6.07, 6.45) is -0.624. The van der Waals surface area contributed by atoms with E-state index < -0.39 is 17.7 Å². The number of benzene rings is 1. The molecule has 2 aromatic rings. The van der Waals surface area contributed by atoms with Crippen molar-refractivity contribution in [2.75, 3.05) is 0 Å². The molecule has 0 aliphatic carbocycles. The van der Waals surface area contributed by atoms with Gasteiger partial charge in [0.25, 0.3) is 0 Å². The largest absolute Gasteiger partial charge is 0.478 e. The maximum Gasteiger partial charge on any atom is 0.408 e. The van der Waals surface area contributed by atoms with Crippen LogP contribution in [0.15, 0.2) is 33.5 Å². The van der Waals surface area contributed by atoms with E-state index in [4.69, 9.17) is 14.3 Å².